The van der Waals surface area contributed by atoms with Gasteiger partial charge in [0.1, 0.15) is 0 Å². The van der Waals surface area contributed by atoms with Crippen molar-refractivity contribution < 1.29 is 9.59 Å². The Morgan fingerprint density at radius 2 is 2.08 bits per heavy atom. The van der Waals surface area contributed by atoms with E-state index >= 15 is 0 Å². The van der Waals surface area contributed by atoms with Crippen LogP contribution in [-0.2, 0) is 16.1 Å². The maximum absolute atomic E-state index is 12.0. The number of nitrogens with one attached hydrogen (secondary N) is 1. The van der Waals surface area contributed by atoms with Crippen molar-refractivity contribution in [3.8, 4) is 0 Å². The van der Waals surface area contributed by atoms with Crippen LogP contribution in [0.4, 0.5) is 5.69 Å². The summed E-state index contributed by atoms with van der Waals surface area (Å²) >= 11 is 0. The van der Waals surface area contributed by atoms with Crippen molar-refractivity contribution >= 4 is 42.3 Å². The zero-order valence-electron chi connectivity index (χ0n) is 14.4. The Bertz CT molecular complexity index is 571. The minimum atomic E-state index is -0.485. The minimum Gasteiger partial charge on any atom is -0.368 e. The molecule has 2 unspecified atom stereocenters. The molecule has 142 valence electrons. The quantitative estimate of drug-likeness (QED) is 0.662. The van der Waals surface area contributed by atoms with E-state index in [1.165, 1.54) is 0 Å². The largest absolute Gasteiger partial charge is 0.368 e. The Morgan fingerprint density at radius 1 is 1.36 bits per heavy atom. The summed E-state index contributed by atoms with van der Waals surface area (Å²) in [5.41, 5.74) is 13.0. The average Bonchev–Trinajstić information content (AvgIpc) is 2.96. The molecule has 1 fully saturated rings. The minimum absolute atomic E-state index is 0. The summed E-state index contributed by atoms with van der Waals surface area (Å²) in [6.45, 7) is 3.52. The molecule has 8 heteroatoms. The fraction of sp³-hybridized carbons (Fsp3) is 0.529. The molecule has 1 saturated heterocycles. The molecule has 0 bridgehead atoms. The molecule has 0 aliphatic carbocycles. The van der Waals surface area contributed by atoms with Crippen LogP contribution in [0.15, 0.2) is 24.3 Å². The number of rotatable bonds is 7. The first kappa shape index (κ1) is 23.7. The number of likely N-dealkylation sites (tertiary alicyclic amines) is 1. The Hall–Kier alpha value is -1.34. The summed E-state index contributed by atoms with van der Waals surface area (Å²) in [5, 5.41) is 2.85. The summed E-state index contributed by atoms with van der Waals surface area (Å²) in [5.74, 6) is -0.433. The lowest BCUT2D eigenvalue weighted by Crippen LogP contribution is -2.39. The molecule has 25 heavy (non-hydrogen) atoms. The number of hydrogen-bond donors (Lipinski definition) is 3. The lowest BCUT2D eigenvalue weighted by Gasteiger charge is -2.22. The van der Waals surface area contributed by atoms with E-state index in [4.69, 9.17) is 11.5 Å². The summed E-state index contributed by atoms with van der Waals surface area (Å²) in [6, 6.07) is 6.97. The van der Waals surface area contributed by atoms with Gasteiger partial charge in [-0.25, -0.2) is 0 Å². The molecule has 6 nitrogen and oxygen atoms in total. The Kier molecular flexibility index (Phi) is 10.7. The van der Waals surface area contributed by atoms with Gasteiger partial charge in [-0.15, -0.1) is 24.8 Å². The maximum Gasteiger partial charge on any atom is 0.241 e. The second kappa shape index (κ2) is 11.3. The van der Waals surface area contributed by atoms with Gasteiger partial charge in [0.05, 0.1) is 12.1 Å². The van der Waals surface area contributed by atoms with E-state index in [1.54, 1.807) is 0 Å². The van der Waals surface area contributed by atoms with Gasteiger partial charge in [0.15, 0.2) is 0 Å². The SMILES string of the molecule is CCCC(N)C(=O)Nc1cccc(CN2CCCC2C(N)=O)c1.Cl.Cl. The average molecular weight is 391 g/mol. The van der Waals surface area contributed by atoms with Crippen molar-refractivity contribution in [1.82, 2.24) is 4.90 Å². The Labute approximate surface area is 161 Å². The van der Waals surface area contributed by atoms with Gasteiger partial charge in [0.2, 0.25) is 11.8 Å². The summed E-state index contributed by atoms with van der Waals surface area (Å²) in [6.07, 6.45) is 3.34. The highest BCUT2D eigenvalue weighted by atomic mass is 35.5. The van der Waals surface area contributed by atoms with Gasteiger partial charge >= 0.3 is 0 Å². The Balaban J connectivity index is 0.00000288. The van der Waals surface area contributed by atoms with E-state index in [9.17, 15) is 9.59 Å². The topological polar surface area (TPSA) is 101 Å². The smallest absolute Gasteiger partial charge is 0.241 e. The number of anilines is 1. The van der Waals surface area contributed by atoms with Crippen LogP contribution in [0.25, 0.3) is 0 Å². The lowest BCUT2D eigenvalue weighted by molar-refractivity contribution is -0.122. The molecule has 1 aromatic rings. The first-order valence-corrected chi connectivity index (χ1v) is 8.20. The fourth-order valence-electron chi connectivity index (χ4n) is 3.00. The molecule has 0 radical (unpaired) electrons. The molecule has 0 aromatic heterocycles. The third-order valence-electron chi connectivity index (χ3n) is 4.21. The van der Waals surface area contributed by atoms with E-state index < -0.39 is 6.04 Å². The normalized spacial score (nSPS) is 17.9. The summed E-state index contributed by atoms with van der Waals surface area (Å²) in [7, 11) is 0. The van der Waals surface area contributed by atoms with E-state index in [0.717, 1.165) is 37.1 Å². The van der Waals surface area contributed by atoms with Crippen LogP contribution >= 0.6 is 24.8 Å². The molecular weight excluding hydrogens is 363 g/mol. The van der Waals surface area contributed by atoms with Crippen molar-refractivity contribution in [2.45, 2.75) is 51.2 Å². The number of nitrogens with zero attached hydrogens (tertiary/aromatic N) is 1. The molecule has 2 rings (SSSR count). The maximum atomic E-state index is 12.0. The monoisotopic (exact) mass is 390 g/mol. The molecule has 2 atom stereocenters. The molecule has 1 aliphatic rings. The van der Waals surface area contributed by atoms with Gasteiger partial charge in [-0.05, 0) is 43.5 Å². The van der Waals surface area contributed by atoms with Crippen molar-refractivity contribution in [3.05, 3.63) is 29.8 Å². The Morgan fingerprint density at radius 3 is 2.72 bits per heavy atom. The second-order valence-electron chi connectivity index (χ2n) is 6.12. The highest BCUT2D eigenvalue weighted by molar-refractivity contribution is 5.94. The van der Waals surface area contributed by atoms with Gasteiger partial charge < -0.3 is 16.8 Å². The third-order valence-corrected chi connectivity index (χ3v) is 4.21. The number of carbonyl (C=O) groups excluding carboxylic acids is 2. The zero-order chi connectivity index (χ0) is 16.8. The van der Waals surface area contributed by atoms with Gasteiger partial charge in [-0.1, -0.05) is 25.5 Å². The number of carbonyl (C=O) groups is 2. The first-order valence-electron chi connectivity index (χ1n) is 8.20. The van der Waals surface area contributed by atoms with Crippen LogP contribution in [0.3, 0.4) is 0 Å². The number of nitrogens with two attached hydrogens (primary N) is 2. The van der Waals surface area contributed by atoms with Crippen LogP contribution in [0.1, 0.15) is 38.2 Å². The van der Waals surface area contributed by atoms with E-state index in [2.05, 4.69) is 10.2 Å². The molecule has 0 saturated carbocycles. The zero-order valence-corrected chi connectivity index (χ0v) is 16.1. The van der Waals surface area contributed by atoms with Crippen LogP contribution in [0.2, 0.25) is 0 Å². The highest BCUT2D eigenvalue weighted by Crippen LogP contribution is 2.21. The predicted molar refractivity (Wildman–Crippen MR) is 105 cm³/mol. The number of amides is 2. The van der Waals surface area contributed by atoms with Gasteiger partial charge in [-0.2, -0.15) is 0 Å². The van der Waals surface area contributed by atoms with Gasteiger partial charge in [-0.3, -0.25) is 14.5 Å². The number of benzene rings is 1. The van der Waals surface area contributed by atoms with Gasteiger partial charge in [0, 0.05) is 12.2 Å². The molecule has 1 aromatic carbocycles. The van der Waals surface area contributed by atoms with E-state index in [1.807, 2.05) is 31.2 Å². The van der Waals surface area contributed by atoms with Crippen molar-refractivity contribution in [3.63, 3.8) is 0 Å². The highest BCUT2D eigenvalue weighted by Gasteiger charge is 2.28. The first-order chi connectivity index (χ1) is 11.0. The number of hydrogen-bond acceptors (Lipinski definition) is 4. The summed E-state index contributed by atoms with van der Waals surface area (Å²) < 4.78 is 0. The van der Waals surface area contributed by atoms with Crippen LogP contribution in [0, 0.1) is 0 Å². The van der Waals surface area contributed by atoms with E-state index in [-0.39, 0.29) is 42.7 Å². The molecule has 1 aliphatic heterocycles. The third kappa shape index (κ3) is 6.82. The molecule has 2 amide bonds. The lowest BCUT2D eigenvalue weighted by atomic mass is 10.1. The fourth-order valence-corrected chi connectivity index (χ4v) is 3.00. The van der Waals surface area contributed by atoms with Crippen LogP contribution in [0.5, 0.6) is 0 Å². The molecular formula is C17H28Cl2N4O2. The van der Waals surface area contributed by atoms with Crippen molar-refractivity contribution in [2.24, 2.45) is 11.5 Å². The van der Waals surface area contributed by atoms with Crippen LogP contribution in [-0.4, -0.2) is 35.3 Å². The van der Waals surface area contributed by atoms with Gasteiger partial charge in [0.25, 0.3) is 0 Å². The molecule has 0 spiro atoms. The van der Waals surface area contributed by atoms with E-state index in [0.29, 0.717) is 13.0 Å². The van der Waals surface area contributed by atoms with Crippen molar-refractivity contribution in [2.75, 3.05) is 11.9 Å². The number of halogens is 2. The predicted octanol–water partition coefficient (Wildman–Crippen LogP) is 2.05. The van der Waals surface area contributed by atoms with Crippen molar-refractivity contribution in [1.29, 1.82) is 0 Å². The summed E-state index contributed by atoms with van der Waals surface area (Å²) in [4.78, 5) is 25.5. The molecule has 5 N–H and O–H groups in total. The number of primary amides is 1. The standard InChI is InChI=1S/C17H26N4O2.2ClH/c1-2-5-14(18)17(23)20-13-7-3-6-12(10-13)11-21-9-4-8-15(21)16(19)22;;/h3,6-7,10,14-15H,2,4-5,8-9,11,18H2,1H3,(H2,19,22)(H,20,23);2*1H. The van der Waals surface area contributed by atoms with Crippen LogP contribution < -0.4 is 16.8 Å². The molecule has 1 heterocycles. The second-order valence-corrected chi connectivity index (χ2v) is 6.12.